The molecule has 0 saturated heterocycles. The SMILES string of the molecule is Cc1nc2c3ccccc3nc(NNC(=O)CCC(=O)NCc3ccc(F)cc3)n2n1. The van der Waals surface area contributed by atoms with E-state index in [4.69, 9.17) is 0 Å². The van der Waals surface area contributed by atoms with E-state index in [1.807, 2.05) is 24.3 Å². The van der Waals surface area contributed by atoms with Crippen LogP contribution in [0.1, 0.15) is 24.2 Å². The first kappa shape index (κ1) is 20.2. The average Bonchev–Trinajstić information content (AvgIpc) is 3.17. The van der Waals surface area contributed by atoms with E-state index in [1.165, 1.54) is 16.6 Å². The third kappa shape index (κ3) is 4.74. The van der Waals surface area contributed by atoms with Crippen molar-refractivity contribution < 1.29 is 14.0 Å². The Morgan fingerprint density at radius 3 is 2.55 bits per heavy atom. The summed E-state index contributed by atoms with van der Waals surface area (Å²) in [5.41, 5.74) is 7.41. The summed E-state index contributed by atoms with van der Waals surface area (Å²) in [6.07, 6.45) is -0.00688. The molecule has 2 amide bonds. The molecule has 4 rings (SSSR count). The third-order valence-electron chi connectivity index (χ3n) is 4.58. The number of hydrazine groups is 1. The summed E-state index contributed by atoms with van der Waals surface area (Å²) in [6, 6.07) is 13.3. The van der Waals surface area contributed by atoms with Gasteiger partial charge < -0.3 is 5.32 Å². The Morgan fingerprint density at radius 2 is 1.74 bits per heavy atom. The topological polar surface area (TPSA) is 113 Å². The summed E-state index contributed by atoms with van der Waals surface area (Å²) >= 11 is 0. The molecule has 31 heavy (non-hydrogen) atoms. The van der Waals surface area contributed by atoms with E-state index >= 15 is 0 Å². The van der Waals surface area contributed by atoms with Crippen LogP contribution >= 0.6 is 0 Å². The molecule has 0 unspecified atom stereocenters. The molecule has 2 aromatic carbocycles. The maximum atomic E-state index is 12.9. The molecule has 10 heteroatoms. The van der Waals surface area contributed by atoms with E-state index < -0.39 is 0 Å². The molecule has 158 valence electrons. The predicted molar refractivity (Wildman–Crippen MR) is 112 cm³/mol. The smallest absolute Gasteiger partial charge is 0.245 e. The van der Waals surface area contributed by atoms with Gasteiger partial charge in [-0.2, -0.15) is 4.52 Å². The fourth-order valence-corrected chi connectivity index (χ4v) is 3.05. The van der Waals surface area contributed by atoms with Crippen molar-refractivity contribution in [3.05, 3.63) is 65.7 Å². The first-order valence-corrected chi connectivity index (χ1v) is 9.68. The van der Waals surface area contributed by atoms with Crippen molar-refractivity contribution in [2.75, 3.05) is 5.43 Å². The van der Waals surface area contributed by atoms with Crippen LogP contribution in [0.2, 0.25) is 0 Å². The van der Waals surface area contributed by atoms with Crippen molar-refractivity contribution in [3.8, 4) is 0 Å². The summed E-state index contributed by atoms with van der Waals surface area (Å²) in [5.74, 6) is -0.110. The number of benzene rings is 2. The minimum atomic E-state index is -0.378. The number of anilines is 1. The number of nitrogens with one attached hydrogen (secondary N) is 3. The van der Waals surface area contributed by atoms with Crippen molar-refractivity contribution in [1.29, 1.82) is 0 Å². The molecule has 2 heterocycles. The molecule has 0 bridgehead atoms. The van der Waals surface area contributed by atoms with Gasteiger partial charge in [0.1, 0.15) is 11.6 Å². The van der Waals surface area contributed by atoms with E-state index in [2.05, 4.69) is 31.2 Å². The van der Waals surface area contributed by atoms with Gasteiger partial charge in [0, 0.05) is 24.8 Å². The summed E-state index contributed by atoms with van der Waals surface area (Å²) in [7, 11) is 0. The standard InChI is InChI=1S/C21H20FN7O2/c1-13-24-20-16-4-2-3-5-17(16)25-21(29(20)28-13)27-26-19(31)11-10-18(30)23-12-14-6-8-15(22)9-7-14/h2-9H,10-12H2,1H3,(H,23,30)(H,25,27)(H,26,31). The molecule has 0 saturated carbocycles. The van der Waals surface area contributed by atoms with Gasteiger partial charge in [-0.3, -0.25) is 20.4 Å². The molecule has 2 aromatic heterocycles. The Hall–Kier alpha value is -4.08. The third-order valence-corrected chi connectivity index (χ3v) is 4.58. The molecular weight excluding hydrogens is 401 g/mol. The fraction of sp³-hybridized carbons (Fsp3) is 0.190. The van der Waals surface area contributed by atoms with Crippen molar-refractivity contribution in [2.45, 2.75) is 26.3 Å². The zero-order valence-electron chi connectivity index (χ0n) is 16.7. The second-order valence-electron chi connectivity index (χ2n) is 6.92. The molecular formula is C21H20FN7O2. The number of carbonyl (C=O) groups is 2. The maximum Gasteiger partial charge on any atom is 0.245 e. The van der Waals surface area contributed by atoms with Crippen molar-refractivity contribution >= 4 is 34.3 Å². The molecule has 0 fully saturated rings. The van der Waals surface area contributed by atoms with Crippen LogP contribution in [0.4, 0.5) is 10.3 Å². The van der Waals surface area contributed by atoms with E-state index in [-0.39, 0.29) is 37.0 Å². The molecule has 0 radical (unpaired) electrons. The quantitative estimate of drug-likeness (QED) is 0.395. The number of aromatic nitrogens is 4. The minimum Gasteiger partial charge on any atom is -0.352 e. The van der Waals surface area contributed by atoms with Gasteiger partial charge in [-0.05, 0) is 36.8 Å². The van der Waals surface area contributed by atoms with E-state index in [9.17, 15) is 14.0 Å². The molecule has 0 aliphatic heterocycles. The lowest BCUT2D eigenvalue weighted by Gasteiger charge is -2.10. The highest BCUT2D eigenvalue weighted by atomic mass is 19.1. The van der Waals surface area contributed by atoms with Crippen LogP contribution in [0, 0.1) is 12.7 Å². The largest absolute Gasteiger partial charge is 0.352 e. The van der Waals surface area contributed by atoms with Gasteiger partial charge in [0.2, 0.25) is 17.8 Å². The average molecular weight is 421 g/mol. The molecule has 0 spiro atoms. The lowest BCUT2D eigenvalue weighted by atomic mass is 10.2. The van der Waals surface area contributed by atoms with Gasteiger partial charge in [0.25, 0.3) is 0 Å². The summed E-state index contributed by atoms with van der Waals surface area (Å²) in [4.78, 5) is 33.0. The molecule has 9 nitrogen and oxygen atoms in total. The van der Waals surface area contributed by atoms with Crippen LogP contribution in [-0.4, -0.2) is 31.4 Å². The van der Waals surface area contributed by atoms with Crippen LogP contribution in [0.5, 0.6) is 0 Å². The number of aryl methyl sites for hydroxylation is 1. The molecule has 0 aliphatic carbocycles. The summed E-state index contributed by atoms with van der Waals surface area (Å²) in [6.45, 7) is 2.04. The number of rotatable bonds is 7. The van der Waals surface area contributed by atoms with E-state index in [0.29, 0.717) is 22.9 Å². The molecule has 4 aromatic rings. The Balaban J connectivity index is 1.32. The number of hydrogen-bond donors (Lipinski definition) is 3. The Labute approximate surface area is 176 Å². The summed E-state index contributed by atoms with van der Waals surface area (Å²) < 4.78 is 14.4. The minimum absolute atomic E-state index is 0.0116. The fourth-order valence-electron chi connectivity index (χ4n) is 3.05. The molecule has 3 N–H and O–H groups in total. The number of nitrogens with zero attached hydrogens (tertiary/aromatic N) is 4. The van der Waals surface area contributed by atoms with Gasteiger partial charge in [0.15, 0.2) is 5.65 Å². The second-order valence-corrected chi connectivity index (χ2v) is 6.92. The molecule has 0 aliphatic rings. The lowest BCUT2D eigenvalue weighted by Crippen LogP contribution is -2.32. The van der Waals surface area contributed by atoms with Gasteiger partial charge in [0.05, 0.1) is 5.52 Å². The zero-order valence-corrected chi connectivity index (χ0v) is 16.7. The molecule has 0 atom stereocenters. The predicted octanol–water partition coefficient (Wildman–Crippen LogP) is 2.26. The lowest BCUT2D eigenvalue weighted by molar-refractivity contribution is -0.126. The number of amides is 2. The van der Waals surface area contributed by atoms with Crippen molar-refractivity contribution in [3.63, 3.8) is 0 Å². The van der Waals surface area contributed by atoms with Crippen LogP contribution in [0.3, 0.4) is 0 Å². The van der Waals surface area contributed by atoms with Crippen LogP contribution in [0.25, 0.3) is 16.6 Å². The second kappa shape index (κ2) is 8.74. The first-order chi connectivity index (χ1) is 15.0. The van der Waals surface area contributed by atoms with Gasteiger partial charge in [-0.1, -0.05) is 24.3 Å². The Bertz CT molecular complexity index is 1250. The maximum absolute atomic E-state index is 12.9. The summed E-state index contributed by atoms with van der Waals surface area (Å²) in [5, 5.41) is 7.86. The Kier molecular flexibility index (Phi) is 5.69. The number of para-hydroxylation sites is 1. The highest BCUT2D eigenvalue weighted by Gasteiger charge is 2.13. The normalized spacial score (nSPS) is 10.9. The van der Waals surface area contributed by atoms with Crippen LogP contribution < -0.4 is 16.2 Å². The first-order valence-electron chi connectivity index (χ1n) is 9.68. The number of halogens is 1. The van der Waals surface area contributed by atoms with Gasteiger partial charge in [-0.15, -0.1) is 5.10 Å². The number of carbonyl (C=O) groups excluding carboxylic acids is 2. The van der Waals surface area contributed by atoms with Crippen LogP contribution in [0.15, 0.2) is 48.5 Å². The highest BCUT2D eigenvalue weighted by Crippen LogP contribution is 2.20. The van der Waals surface area contributed by atoms with E-state index in [0.717, 1.165) is 10.9 Å². The van der Waals surface area contributed by atoms with Gasteiger partial charge >= 0.3 is 0 Å². The monoisotopic (exact) mass is 421 g/mol. The number of hydrogen-bond acceptors (Lipinski definition) is 6. The highest BCUT2D eigenvalue weighted by molar-refractivity contribution is 5.92. The zero-order chi connectivity index (χ0) is 21.8. The van der Waals surface area contributed by atoms with Crippen molar-refractivity contribution in [1.82, 2.24) is 30.3 Å². The van der Waals surface area contributed by atoms with E-state index in [1.54, 1.807) is 19.1 Å². The number of fused-ring (bicyclic) bond motifs is 3. The van der Waals surface area contributed by atoms with Gasteiger partial charge in [-0.25, -0.2) is 14.4 Å². The Morgan fingerprint density at radius 1 is 1.00 bits per heavy atom. The van der Waals surface area contributed by atoms with Crippen molar-refractivity contribution in [2.24, 2.45) is 0 Å². The van der Waals surface area contributed by atoms with Crippen LogP contribution in [-0.2, 0) is 16.1 Å².